The minimum atomic E-state index is 0.251. The maximum absolute atomic E-state index is 9.48. The molecule has 4 rings (SSSR count). The van der Waals surface area contributed by atoms with Gasteiger partial charge >= 0.3 is 0 Å². The molecule has 2 aromatic heterocycles. The minimum Gasteiger partial charge on any atom is -0.508 e. The molecule has 0 amide bonds. The number of nitrogens with one attached hydrogen (secondary N) is 1. The van der Waals surface area contributed by atoms with E-state index < -0.39 is 0 Å². The molecule has 5 nitrogen and oxygen atoms in total. The molecular formula is C20H18N4O. The Hall–Kier alpha value is -3.34. The van der Waals surface area contributed by atoms with E-state index in [0.29, 0.717) is 0 Å². The normalized spacial score (nSPS) is 10.9. The Morgan fingerprint density at radius 2 is 1.76 bits per heavy atom. The van der Waals surface area contributed by atoms with E-state index in [1.807, 2.05) is 30.3 Å². The van der Waals surface area contributed by atoms with Gasteiger partial charge < -0.3 is 15.0 Å². The number of phenolic OH excluding ortho intramolecular Hbond substituents is 1. The number of aromatic hydroxyl groups is 1. The quantitative estimate of drug-likeness (QED) is 0.579. The average molecular weight is 330 g/mol. The Kier molecular flexibility index (Phi) is 3.82. The van der Waals surface area contributed by atoms with Gasteiger partial charge in [0.2, 0.25) is 0 Å². The van der Waals surface area contributed by atoms with Crippen molar-refractivity contribution in [3.05, 3.63) is 67.0 Å². The number of phenols is 1. The van der Waals surface area contributed by atoms with Crippen LogP contribution in [0.15, 0.2) is 67.0 Å². The smallest absolute Gasteiger partial charge is 0.145 e. The summed E-state index contributed by atoms with van der Waals surface area (Å²) < 4.78 is 0. The van der Waals surface area contributed by atoms with Gasteiger partial charge in [-0.25, -0.2) is 9.97 Å². The number of fused-ring (bicyclic) bond motifs is 1. The van der Waals surface area contributed by atoms with Crippen LogP contribution in [-0.4, -0.2) is 26.6 Å². The summed E-state index contributed by atoms with van der Waals surface area (Å²) >= 11 is 0. The summed E-state index contributed by atoms with van der Waals surface area (Å²) in [6, 6.07) is 19.4. The molecule has 0 aliphatic heterocycles. The summed E-state index contributed by atoms with van der Waals surface area (Å²) in [7, 11) is 0. The lowest BCUT2D eigenvalue weighted by Crippen LogP contribution is -2.17. The van der Waals surface area contributed by atoms with Crippen molar-refractivity contribution < 1.29 is 5.11 Å². The third kappa shape index (κ3) is 2.80. The molecule has 4 aromatic rings. The fourth-order valence-corrected chi connectivity index (χ4v) is 3.00. The van der Waals surface area contributed by atoms with Gasteiger partial charge in [-0.2, -0.15) is 0 Å². The number of hydrogen-bond donors (Lipinski definition) is 2. The summed E-state index contributed by atoms with van der Waals surface area (Å²) in [5, 5.41) is 10.4. The molecule has 0 aliphatic carbocycles. The number of benzene rings is 2. The second kappa shape index (κ2) is 6.28. The van der Waals surface area contributed by atoms with Crippen molar-refractivity contribution in [1.82, 2.24) is 15.0 Å². The highest BCUT2D eigenvalue weighted by Gasteiger charge is 2.15. The number of para-hydroxylation sites is 1. The van der Waals surface area contributed by atoms with Crippen LogP contribution in [-0.2, 0) is 0 Å². The standard InChI is InChI=1S/C20H18N4O/c1-2-24(15-6-4-3-5-7-15)20-17-12-18(23-19(17)21-13-22-20)14-8-10-16(25)11-9-14/h3-13,25H,2H2,1H3,(H,21,22,23). The van der Waals surface area contributed by atoms with Crippen LogP contribution in [0.2, 0.25) is 0 Å². The van der Waals surface area contributed by atoms with Gasteiger partial charge in [0.15, 0.2) is 0 Å². The zero-order chi connectivity index (χ0) is 17.2. The van der Waals surface area contributed by atoms with Crippen molar-refractivity contribution in [3.8, 4) is 17.0 Å². The molecule has 0 bridgehead atoms. The number of hydrogen-bond acceptors (Lipinski definition) is 4. The van der Waals surface area contributed by atoms with Crippen LogP contribution in [0.5, 0.6) is 5.75 Å². The van der Waals surface area contributed by atoms with Gasteiger partial charge in [-0.05, 0) is 55.0 Å². The van der Waals surface area contributed by atoms with Gasteiger partial charge in [0, 0.05) is 17.9 Å². The first-order valence-corrected chi connectivity index (χ1v) is 8.22. The maximum atomic E-state index is 9.48. The van der Waals surface area contributed by atoms with Gasteiger partial charge in [0.1, 0.15) is 23.5 Å². The van der Waals surface area contributed by atoms with Crippen LogP contribution in [0.3, 0.4) is 0 Å². The third-order valence-electron chi connectivity index (χ3n) is 4.22. The molecule has 2 heterocycles. The van der Waals surface area contributed by atoms with Crippen molar-refractivity contribution in [2.45, 2.75) is 6.92 Å². The lowest BCUT2D eigenvalue weighted by atomic mass is 10.1. The fourth-order valence-electron chi connectivity index (χ4n) is 3.00. The van der Waals surface area contributed by atoms with E-state index in [9.17, 15) is 5.11 Å². The Bertz CT molecular complexity index is 993. The number of H-pyrrole nitrogens is 1. The molecule has 25 heavy (non-hydrogen) atoms. The highest BCUT2D eigenvalue weighted by molar-refractivity contribution is 5.93. The molecular weight excluding hydrogens is 312 g/mol. The summed E-state index contributed by atoms with van der Waals surface area (Å²) in [6.07, 6.45) is 1.58. The van der Waals surface area contributed by atoms with E-state index >= 15 is 0 Å². The van der Waals surface area contributed by atoms with Gasteiger partial charge in [-0.1, -0.05) is 18.2 Å². The zero-order valence-corrected chi connectivity index (χ0v) is 13.8. The van der Waals surface area contributed by atoms with Crippen LogP contribution >= 0.6 is 0 Å². The Balaban J connectivity index is 1.83. The molecule has 0 radical (unpaired) electrons. The van der Waals surface area contributed by atoms with Gasteiger partial charge in [0.25, 0.3) is 0 Å². The largest absolute Gasteiger partial charge is 0.508 e. The van der Waals surface area contributed by atoms with Crippen LogP contribution in [0.4, 0.5) is 11.5 Å². The number of rotatable bonds is 4. The predicted molar refractivity (Wildman–Crippen MR) is 100 cm³/mol. The number of aromatic amines is 1. The van der Waals surface area contributed by atoms with Gasteiger partial charge in [-0.15, -0.1) is 0 Å². The lowest BCUT2D eigenvalue weighted by molar-refractivity contribution is 0.475. The van der Waals surface area contributed by atoms with E-state index in [1.165, 1.54) is 0 Å². The topological polar surface area (TPSA) is 65.0 Å². The predicted octanol–water partition coefficient (Wildman–Crippen LogP) is 4.49. The Labute approximate surface area is 145 Å². The van der Waals surface area contributed by atoms with E-state index in [4.69, 9.17) is 0 Å². The first-order chi connectivity index (χ1) is 12.3. The Morgan fingerprint density at radius 3 is 2.48 bits per heavy atom. The maximum Gasteiger partial charge on any atom is 0.145 e. The molecule has 5 heteroatoms. The number of aromatic nitrogens is 3. The molecule has 0 spiro atoms. The second-order valence-electron chi connectivity index (χ2n) is 5.77. The number of nitrogens with zero attached hydrogens (tertiary/aromatic N) is 3. The van der Waals surface area contributed by atoms with E-state index in [-0.39, 0.29) is 5.75 Å². The van der Waals surface area contributed by atoms with Crippen LogP contribution in [0.1, 0.15) is 6.92 Å². The highest BCUT2D eigenvalue weighted by Crippen LogP contribution is 2.32. The molecule has 0 aliphatic rings. The first-order valence-electron chi connectivity index (χ1n) is 8.22. The molecule has 0 fully saturated rings. The van der Waals surface area contributed by atoms with E-state index in [1.54, 1.807) is 18.5 Å². The molecule has 0 unspecified atom stereocenters. The van der Waals surface area contributed by atoms with Crippen LogP contribution in [0.25, 0.3) is 22.3 Å². The van der Waals surface area contributed by atoms with Crippen molar-refractivity contribution in [2.75, 3.05) is 11.4 Å². The van der Waals surface area contributed by atoms with Crippen molar-refractivity contribution in [3.63, 3.8) is 0 Å². The molecule has 2 aromatic carbocycles. The molecule has 0 saturated carbocycles. The molecule has 2 N–H and O–H groups in total. The monoisotopic (exact) mass is 330 g/mol. The van der Waals surface area contributed by atoms with Crippen molar-refractivity contribution in [2.24, 2.45) is 0 Å². The van der Waals surface area contributed by atoms with Gasteiger partial charge in [-0.3, -0.25) is 0 Å². The van der Waals surface area contributed by atoms with Crippen molar-refractivity contribution >= 4 is 22.5 Å². The SMILES string of the molecule is CCN(c1ccccc1)c1ncnc2[nH]c(-c3ccc(O)cc3)cc12. The second-order valence-corrected chi connectivity index (χ2v) is 5.77. The van der Waals surface area contributed by atoms with E-state index in [2.05, 4.69) is 45.0 Å². The average Bonchev–Trinajstić information content (AvgIpc) is 3.09. The summed E-state index contributed by atoms with van der Waals surface area (Å²) in [5.74, 6) is 1.13. The number of anilines is 2. The third-order valence-corrected chi connectivity index (χ3v) is 4.22. The summed E-state index contributed by atoms with van der Waals surface area (Å²) in [4.78, 5) is 14.4. The molecule has 0 saturated heterocycles. The summed E-state index contributed by atoms with van der Waals surface area (Å²) in [6.45, 7) is 2.91. The highest BCUT2D eigenvalue weighted by atomic mass is 16.3. The Morgan fingerprint density at radius 1 is 1.00 bits per heavy atom. The minimum absolute atomic E-state index is 0.251. The fraction of sp³-hybridized carbons (Fsp3) is 0.100. The zero-order valence-electron chi connectivity index (χ0n) is 13.8. The van der Waals surface area contributed by atoms with E-state index in [0.717, 1.165) is 40.3 Å². The summed E-state index contributed by atoms with van der Waals surface area (Å²) in [5.41, 5.74) is 3.82. The van der Waals surface area contributed by atoms with Gasteiger partial charge in [0.05, 0.1) is 5.39 Å². The van der Waals surface area contributed by atoms with Crippen LogP contribution < -0.4 is 4.90 Å². The molecule has 124 valence electrons. The lowest BCUT2D eigenvalue weighted by Gasteiger charge is -2.22. The van der Waals surface area contributed by atoms with Crippen LogP contribution in [0, 0.1) is 0 Å². The first kappa shape index (κ1) is 15.2. The molecule has 0 atom stereocenters. The van der Waals surface area contributed by atoms with Crippen molar-refractivity contribution in [1.29, 1.82) is 0 Å².